The van der Waals surface area contributed by atoms with Crippen LogP contribution < -0.4 is 10.2 Å². The topological polar surface area (TPSA) is 85.8 Å². The average Bonchev–Trinajstić information content (AvgIpc) is 2.70. The quantitative estimate of drug-likeness (QED) is 0.817. The highest BCUT2D eigenvalue weighted by atomic mass is 16.4. The molecule has 0 unspecified atom stereocenters. The number of hydrogen-bond acceptors (Lipinski definition) is 4. The van der Waals surface area contributed by atoms with Crippen molar-refractivity contribution in [1.82, 2.24) is 15.2 Å². The first kappa shape index (κ1) is 18.7. The summed E-state index contributed by atoms with van der Waals surface area (Å²) in [6.45, 7) is 2.32. The van der Waals surface area contributed by atoms with Crippen LogP contribution in [-0.2, 0) is 24.3 Å². The molecule has 2 N–H and O–H groups in total. The summed E-state index contributed by atoms with van der Waals surface area (Å²) < 4.78 is 0. The molecule has 27 heavy (non-hydrogen) atoms. The first-order valence-corrected chi connectivity index (χ1v) is 9.00. The summed E-state index contributed by atoms with van der Waals surface area (Å²) in [7, 11) is 1.58. The molecule has 1 aromatic carbocycles. The molecule has 0 saturated heterocycles. The molecular formula is C20H24N4O3. The van der Waals surface area contributed by atoms with Gasteiger partial charge < -0.3 is 20.2 Å². The Bertz CT molecular complexity index is 807. The molecule has 7 heteroatoms. The lowest BCUT2D eigenvalue weighted by Crippen LogP contribution is -2.38. The minimum atomic E-state index is -0.922. The van der Waals surface area contributed by atoms with Crippen LogP contribution in [-0.4, -0.2) is 47.1 Å². The van der Waals surface area contributed by atoms with Gasteiger partial charge in [-0.15, -0.1) is 0 Å². The summed E-state index contributed by atoms with van der Waals surface area (Å²) in [6, 6.07) is 12.1. The number of carbonyl (C=O) groups excluding carboxylic acids is 1. The number of pyridine rings is 1. The van der Waals surface area contributed by atoms with E-state index in [1.54, 1.807) is 13.2 Å². The fourth-order valence-electron chi connectivity index (χ4n) is 3.08. The van der Waals surface area contributed by atoms with Crippen molar-refractivity contribution in [3.8, 4) is 0 Å². The lowest BCUT2D eigenvalue weighted by Gasteiger charge is -2.29. The number of carbonyl (C=O) groups is 2. The predicted octanol–water partition coefficient (Wildman–Crippen LogP) is 2.26. The Morgan fingerprint density at radius 3 is 2.70 bits per heavy atom. The van der Waals surface area contributed by atoms with Gasteiger partial charge in [-0.1, -0.05) is 30.3 Å². The van der Waals surface area contributed by atoms with Crippen LogP contribution in [0.5, 0.6) is 0 Å². The molecule has 2 amide bonds. The molecule has 7 nitrogen and oxygen atoms in total. The van der Waals surface area contributed by atoms with Crippen molar-refractivity contribution < 1.29 is 14.7 Å². The van der Waals surface area contributed by atoms with Crippen LogP contribution in [0.3, 0.4) is 0 Å². The SMILES string of the molecule is CN(CCC(=O)O)C(=O)NCc1ccc(N2CCc3ccccc3C2)nc1. The van der Waals surface area contributed by atoms with Gasteiger partial charge in [0.15, 0.2) is 0 Å². The summed E-state index contributed by atoms with van der Waals surface area (Å²) >= 11 is 0. The van der Waals surface area contributed by atoms with E-state index in [1.807, 2.05) is 12.1 Å². The van der Waals surface area contributed by atoms with Crippen molar-refractivity contribution in [3.63, 3.8) is 0 Å². The molecule has 1 aliphatic heterocycles. The maximum absolute atomic E-state index is 12.0. The van der Waals surface area contributed by atoms with Gasteiger partial charge >= 0.3 is 12.0 Å². The van der Waals surface area contributed by atoms with Gasteiger partial charge in [0.25, 0.3) is 0 Å². The maximum atomic E-state index is 12.0. The molecule has 1 aromatic heterocycles. The molecule has 0 fully saturated rings. The van der Waals surface area contributed by atoms with Crippen LogP contribution in [0, 0.1) is 0 Å². The number of carboxylic acids is 1. The summed E-state index contributed by atoms with van der Waals surface area (Å²) in [5.41, 5.74) is 3.64. The van der Waals surface area contributed by atoms with Gasteiger partial charge in [0.1, 0.15) is 5.82 Å². The number of rotatable bonds is 6. The number of fused-ring (bicyclic) bond motifs is 1. The number of urea groups is 1. The van der Waals surface area contributed by atoms with Crippen molar-refractivity contribution >= 4 is 17.8 Å². The fraction of sp³-hybridized carbons (Fsp3) is 0.350. The molecule has 0 aliphatic carbocycles. The molecule has 2 heterocycles. The lowest BCUT2D eigenvalue weighted by atomic mass is 10.00. The van der Waals surface area contributed by atoms with Crippen molar-refractivity contribution in [1.29, 1.82) is 0 Å². The second-order valence-corrected chi connectivity index (χ2v) is 6.69. The largest absolute Gasteiger partial charge is 0.481 e. The zero-order valence-corrected chi connectivity index (χ0v) is 15.4. The monoisotopic (exact) mass is 368 g/mol. The first-order valence-electron chi connectivity index (χ1n) is 9.00. The van der Waals surface area contributed by atoms with E-state index < -0.39 is 5.97 Å². The molecule has 1 aliphatic rings. The highest BCUT2D eigenvalue weighted by Crippen LogP contribution is 2.22. The van der Waals surface area contributed by atoms with Gasteiger partial charge in [-0.25, -0.2) is 9.78 Å². The van der Waals surface area contributed by atoms with Crippen molar-refractivity contribution in [2.45, 2.75) is 25.9 Å². The zero-order chi connectivity index (χ0) is 19.2. The van der Waals surface area contributed by atoms with Crippen molar-refractivity contribution in [2.75, 3.05) is 25.0 Å². The zero-order valence-electron chi connectivity index (χ0n) is 15.4. The van der Waals surface area contributed by atoms with E-state index >= 15 is 0 Å². The number of anilines is 1. The van der Waals surface area contributed by atoms with E-state index in [1.165, 1.54) is 16.0 Å². The van der Waals surface area contributed by atoms with Gasteiger partial charge in [-0.2, -0.15) is 0 Å². The Kier molecular flexibility index (Phi) is 5.90. The Hall–Kier alpha value is -3.09. The number of benzene rings is 1. The molecule has 0 bridgehead atoms. The van der Waals surface area contributed by atoms with Gasteiger partial charge in [0.05, 0.1) is 6.42 Å². The number of nitrogens with zero attached hydrogens (tertiary/aromatic N) is 3. The Labute approximate surface area is 158 Å². The summed E-state index contributed by atoms with van der Waals surface area (Å²) in [4.78, 5) is 30.7. The van der Waals surface area contributed by atoms with Gasteiger partial charge in [0, 0.05) is 39.4 Å². The van der Waals surface area contributed by atoms with Gasteiger partial charge in [0.2, 0.25) is 0 Å². The van der Waals surface area contributed by atoms with E-state index in [-0.39, 0.29) is 19.0 Å². The number of hydrogen-bond donors (Lipinski definition) is 2. The van der Waals surface area contributed by atoms with E-state index in [0.717, 1.165) is 30.9 Å². The third-order valence-electron chi connectivity index (χ3n) is 4.72. The standard InChI is InChI=1S/C20H24N4O3/c1-23(10-9-19(25)26)20(27)22-13-15-6-7-18(21-12-15)24-11-8-16-4-2-3-5-17(16)14-24/h2-7,12H,8-11,13-14H2,1H3,(H,22,27)(H,25,26). The Balaban J connectivity index is 1.52. The van der Waals surface area contributed by atoms with Gasteiger partial charge in [-0.05, 0) is 29.2 Å². The Morgan fingerprint density at radius 1 is 1.22 bits per heavy atom. The first-order chi connectivity index (χ1) is 13.0. The summed E-state index contributed by atoms with van der Waals surface area (Å²) in [5.74, 6) is 0.00734. The second kappa shape index (κ2) is 8.53. The van der Waals surface area contributed by atoms with Gasteiger partial charge in [-0.3, -0.25) is 4.79 Å². The van der Waals surface area contributed by atoms with Crippen molar-refractivity contribution in [3.05, 3.63) is 59.3 Å². The number of aliphatic carboxylic acids is 1. The maximum Gasteiger partial charge on any atom is 0.317 e. The second-order valence-electron chi connectivity index (χ2n) is 6.69. The Morgan fingerprint density at radius 2 is 2.00 bits per heavy atom. The number of aromatic nitrogens is 1. The van der Waals surface area contributed by atoms with Crippen LogP contribution in [0.15, 0.2) is 42.6 Å². The summed E-state index contributed by atoms with van der Waals surface area (Å²) in [6.07, 6.45) is 2.71. The molecule has 0 spiro atoms. The molecule has 0 radical (unpaired) electrons. The van der Waals surface area contributed by atoms with Crippen LogP contribution in [0.25, 0.3) is 0 Å². The van der Waals surface area contributed by atoms with E-state index in [9.17, 15) is 9.59 Å². The van der Waals surface area contributed by atoms with E-state index in [4.69, 9.17) is 5.11 Å². The normalized spacial score (nSPS) is 13.0. The van der Waals surface area contributed by atoms with Crippen LogP contribution in [0.4, 0.5) is 10.6 Å². The van der Waals surface area contributed by atoms with Crippen molar-refractivity contribution in [2.24, 2.45) is 0 Å². The van der Waals surface area contributed by atoms with Crippen LogP contribution in [0.2, 0.25) is 0 Å². The predicted molar refractivity (Wildman–Crippen MR) is 103 cm³/mol. The highest BCUT2D eigenvalue weighted by molar-refractivity contribution is 5.75. The molecule has 0 atom stereocenters. The highest BCUT2D eigenvalue weighted by Gasteiger charge is 2.17. The number of nitrogens with one attached hydrogen (secondary N) is 1. The fourth-order valence-corrected chi connectivity index (χ4v) is 3.08. The lowest BCUT2D eigenvalue weighted by molar-refractivity contribution is -0.137. The molecule has 142 valence electrons. The smallest absolute Gasteiger partial charge is 0.317 e. The van der Waals surface area contributed by atoms with E-state index in [0.29, 0.717) is 6.54 Å². The number of carboxylic acid groups (broad SMARTS) is 1. The molecule has 3 rings (SSSR count). The molecule has 2 aromatic rings. The minimum absolute atomic E-state index is 0.0703. The molecule has 0 saturated carbocycles. The van der Waals surface area contributed by atoms with E-state index in [2.05, 4.69) is 39.5 Å². The average molecular weight is 368 g/mol. The van der Waals surface area contributed by atoms with Crippen LogP contribution in [0.1, 0.15) is 23.1 Å². The molecular weight excluding hydrogens is 344 g/mol. The van der Waals surface area contributed by atoms with Crippen LogP contribution >= 0.6 is 0 Å². The minimum Gasteiger partial charge on any atom is -0.481 e. The number of amides is 2. The summed E-state index contributed by atoms with van der Waals surface area (Å²) in [5, 5.41) is 11.4. The third kappa shape index (κ3) is 4.97. The third-order valence-corrected chi connectivity index (χ3v) is 4.72.